The number of likely N-dealkylation sites (tertiary alicyclic amines) is 1. The predicted molar refractivity (Wildman–Crippen MR) is 137 cm³/mol. The van der Waals surface area contributed by atoms with Crippen molar-refractivity contribution < 1.29 is 24.2 Å². The van der Waals surface area contributed by atoms with Crippen LogP contribution in [0.1, 0.15) is 65.0 Å². The van der Waals surface area contributed by atoms with Crippen molar-refractivity contribution in [3.05, 3.63) is 35.9 Å². The summed E-state index contributed by atoms with van der Waals surface area (Å²) in [5, 5.41) is 13.6. The van der Waals surface area contributed by atoms with Gasteiger partial charge in [-0.05, 0) is 31.2 Å². The molecule has 1 aliphatic heterocycles. The van der Waals surface area contributed by atoms with Crippen molar-refractivity contribution >= 4 is 11.8 Å². The Balaban J connectivity index is 2.05. The summed E-state index contributed by atoms with van der Waals surface area (Å²) >= 11 is 0. The highest BCUT2D eigenvalue weighted by Gasteiger charge is 2.41. The van der Waals surface area contributed by atoms with Gasteiger partial charge in [-0.15, -0.1) is 0 Å². The number of aliphatic hydroxyl groups excluding tert-OH is 1. The Morgan fingerprint density at radius 1 is 1.17 bits per heavy atom. The second-order valence-corrected chi connectivity index (χ2v) is 9.88. The molecule has 1 heterocycles. The fourth-order valence-electron chi connectivity index (χ4n) is 4.97. The molecule has 2 amide bonds. The normalized spacial score (nSPS) is 22.1. The largest absolute Gasteiger partial charge is 0.386 e. The molecule has 0 unspecified atom stereocenters. The van der Waals surface area contributed by atoms with Gasteiger partial charge in [0, 0.05) is 26.8 Å². The van der Waals surface area contributed by atoms with E-state index in [-0.39, 0.29) is 42.3 Å². The summed E-state index contributed by atoms with van der Waals surface area (Å²) in [6.45, 7) is 8.35. The molecule has 0 radical (unpaired) electrons. The van der Waals surface area contributed by atoms with Crippen molar-refractivity contribution in [1.29, 1.82) is 0 Å². The summed E-state index contributed by atoms with van der Waals surface area (Å²) in [6.07, 6.45) is 1.08. The molecule has 2 rings (SSSR count). The molecule has 0 aliphatic carbocycles. The lowest BCUT2D eigenvalue weighted by Gasteiger charge is -2.35. The van der Waals surface area contributed by atoms with Gasteiger partial charge in [-0.2, -0.15) is 0 Å². The monoisotopic (exact) mass is 491 g/mol. The predicted octanol–water partition coefficient (Wildman–Crippen LogP) is 2.65. The molecule has 0 saturated carbocycles. The molecule has 35 heavy (non-hydrogen) atoms. The molecular formula is C27H45N3O5. The van der Waals surface area contributed by atoms with Crippen LogP contribution in [0, 0.1) is 11.8 Å². The van der Waals surface area contributed by atoms with Crippen LogP contribution in [-0.2, 0) is 19.1 Å². The van der Waals surface area contributed by atoms with E-state index in [0.29, 0.717) is 6.54 Å². The number of carbonyl (C=O) groups excluding carboxylic acids is 2. The summed E-state index contributed by atoms with van der Waals surface area (Å²) < 4.78 is 11.4. The molecule has 1 saturated heterocycles. The summed E-state index contributed by atoms with van der Waals surface area (Å²) in [4.78, 5) is 28.2. The number of nitrogens with two attached hydrogens (primary N) is 1. The van der Waals surface area contributed by atoms with Crippen molar-refractivity contribution in [3.8, 4) is 0 Å². The van der Waals surface area contributed by atoms with Crippen LogP contribution >= 0.6 is 0 Å². The van der Waals surface area contributed by atoms with E-state index in [0.717, 1.165) is 24.8 Å². The molecule has 0 bridgehead atoms. The van der Waals surface area contributed by atoms with Crippen LogP contribution in [0.15, 0.2) is 30.3 Å². The SMILES string of the molecule is CC[C@H](C)[C@H](N)[C@@H](CC(=O)N1CCC[C@H]1[C@H](OC)[C@@H](C)C(=O)N[C@H](C)[C@@H](O)c1ccccc1)OC. The third-order valence-electron chi connectivity index (χ3n) is 7.57. The lowest BCUT2D eigenvalue weighted by atomic mass is 9.92. The van der Waals surface area contributed by atoms with Crippen molar-refractivity contribution in [1.82, 2.24) is 10.2 Å². The van der Waals surface area contributed by atoms with Gasteiger partial charge in [0.05, 0.1) is 42.7 Å². The highest BCUT2D eigenvalue weighted by Crippen LogP contribution is 2.28. The first-order valence-corrected chi connectivity index (χ1v) is 12.8. The minimum Gasteiger partial charge on any atom is -0.386 e. The van der Waals surface area contributed by atoms with Crippen molar-refractivity contribution in [2.75, 3.05) is 20.8 Å². The zero-order valence-corrected chi connectivity index (χ0v) is 22.1. The molecule has 1 aromatic rings. The topological polar surface area (TPSA) is 114 Å². The van der Waals surface area contributed by atoms with Gasteiger partial charge >= 0.3 is 0 Å². The smallest absolute Gasteiger partial charge is 0.225 e. The highest BCUT2D eigenvalue weighted by atomic mass is 16.5. The second-order valence-electron chi connectivity index (χ2n) is 9.88. The van der Waals surface area contributed by atoms with E-state index in [1.165, 1.54) is 0 Å². The molecule has 1 fully saturated rings. The maximum absolute atomic E-state index is 13.3. The minimum atomic E-state index is -0.821. The average Bonchev–Trinajstić information content (AvgIpc) is 3.36. The number of hydrogen-bond donors (Lipinski definition) is 3. The number of amides is 2. The van der Waals surface area contributed by atoms with Gasteiger partial charge in [0.25, 0.3) is 0 Å². The van der Waals surface area contributed by atoms with E-state index in [2.05, 4.69) is 19.2 Å². The van der Waals surface area contributed by atoms with Gasteiger partial charge in [-0.3, -0.25) is 9.59 Å². The van der Waals surface area contributed by atoms with E-state index < -0.39 is 24.2 Å². The van der Waals surface area contributed by atoms with Gasteiger partial charge in [-0.25, -0.2) is 0 Å². The van der Waals surface area contributed by atoms with Crippen molar-refractivity contribution in [2.45, 2.75) is 89.8 Å². The molecule has 1 aromatic carbocycles. The Hall–Kier alpha value is -2.00. The van der Waals surface area contributed by atoms with E-state index in [1.54, 1.807) is 21.1 Å². The Morgan fingerprint density at radius 2 is 1.83 bits per heavy atom. The first kappa shape index (κ1) is 29.2. The van der Waals surface area contributed by atoms with Gasteiger partial charge in [0.2, 0.25) is 11.8 Å². The Kier molecular flexibility index (Phi) is 11.6. The van der Waals surface area contributed by atoms with E-state index in [1.807, 2.05) is 42.2 Å². The minimum absolute atomic E-state index is 0.0272. The summed E-state index contributed by atoms with van der Waals surface area (Å²) in [7, 11) is 3.17. The van der Waals surface area contributed by atoms with Crippen LogP contribution in [0.2, 0.25) is 0 Å². The Bertz CT molecular complexity index is 792. The molecule has 4 N–H and O–H groups in total. The number of nitrogens with zero attached hydrogens (tertiary/aromatic N) is 1. The van der Waals surface area contributed by atoms with E-state index >= 15 is 0 Å². The Morgan fingerprint density at radius 3 is 2.40 bits per heavy atom. The number of carbonyl (C=O) groups is 2. The van der Waals surface area contributed by atoms with Crippen molar-refractivity contribution in [2.24, 2.45) is 17.6 Å². The second kappa shape index (κ2) is 13.9. The molecule has 8 atom stereocenters. The molecular weight excluding hydrogens is 446 g/mol. The van der Waals surface area contributed by atoms with Crippen LogP contribution in [0.5, 0.6) is 0 Å². The maximum atomic E-state index is 13.3. The molecule has 8 heteroatoms. The van der Waals surface area contributed by atoms with Gasteiger partial charge in [-0.1, -0.05) is 57.5 Å². The van der Waals surface area contributed by atoms with Crippen LogP contribution in [0.3, 0.4) is 0 Å². The lowest BCUT2D eigenvalue weighted by Crippen LogP contribution is -2.52. The molecule has 1 aliphatic rings. The van der Waals surface area contributed by atoms with Gasteiger partial charge in [0.1, 0.15) is 0 Å². The maximum Gasteiger partial charge on any atom is 0.225 e. The van der Waals surface area contributed by atoms with Gasteiger partial charge in [0.15, 0.2) is 0 Å². The fourth-order valence-corrected chi connectivity index (χ4v) is 4.97. The third-order valence-corrected chi connectivity index (χ3v) is 7.57. The number of benzene rings is 1. The summed E-state index contributed by atoms with van der Waals surface area (Å²) in [5.41, 5.74) is 7.10. The summed E-state index contributed by atoms with van der Waals surface area (Å²) in [5.74, 6) is -0.511. The number of aliphatic hydroxyl groups is 1. The first-order chi connectivity index (χ1) is 16.7. The van der Waals surface area contributed by atoms with Crippen LogP contribution in [0.4, 0.5) is 0 Å². The fraction of sp³-hybridized carbons (Fsp3) is 0.704. The number of nitrogens with one attached hydrogen (secondary N) is 1. The van der Waals surface area contributed by atoms with Crippen LogP contribution in [-0.4, -0.2) is 72.9 Å². The third kappa shape index (κ3) is 7.49. The van der Waals surface area contributed by atoms with E-state index in [9.17, 15) is 14.7 Å². The highest BCUT2D eigenvalue weighted by molar-refractivity contribution is 5.80. The number of methoxy groups -OCH3 is 2. The zero-order valence-electron chi connectivity index (χ0n) is 22.1. The number of ether oxygens (including phenoxy) is 2. The molecule has 0 spiro atoms. The zero-order chi connectivity index (χ0) is 26.1. The van der Waals surface area contributed by atoms with Crippen LogP contribution < -0.4 is 11.1 Å². The van der Waals surface area contributed by atoms with Crippen molar-refractivity contribution in [3.63, 3.8) is 0 Å². The summed E-state index contributed by atoms with van der Waals surface area (Å²) in [6, 6.07) is 8.34. The number of rotatable bonds is 13. The van der Waals surface area contributed by atoms with E-state index in [4.69, 9.17) is 15.2 Å². The number of hydrogen-bond acceptors (Lipinski definition) is 6. The van der Waals surface area contributed by atoms with Crippen LogP contribution in [0.25, 0.3) is 0 Å². The lowest BCUT2D eigenvalue weighted by molar-refractivity contribution is -0.142. The Labute approximate surface area is 210 Å². The molecule has 198 valence electrons. The standard InChI is InChI=1S/C27H45N3O5/c1-7-17(2)24(28)22(34-5)16-23(31)30-15-11-14-21(30)26(35-6)18(3)27(33)29-19(4)25(32)20-12-9-8-10-13-20/h8-10,12-13,17-19,21-22,24-26,32H,7,11,14-16,28H2,1-6H3,(H,29,33)/t17-,18+,19+,21-,22+,24-,25+,26+/m0/s1. The quantitative estimate of drug-likeness (QED) is 0.391. The first-order valence-electron chi connectivity index (χ1n) is 12.8. The average molecular weight is 492 g/mol. The molecule has 8 nitrogen and oxygen atoms in total. The molecule has 0 aromatic heterocycles. The van der Waals surface area contributed by atoms with Gasteiger partial charge < -0.3 is 30.5 Å².